The van der Waals surface area contributed by atoms with Crippen molar-refractivity contribution in [2.45, 2.75) is 50.4 Å². The zero-order valence-corrected chi connectivity index (χ0v) is 24.5. The maximum Gasteiger partial charge on any atom is 0.410 e. The topological polar surface area (TPSA) is 130 Å². The van der Waals surface area contributed by atoms with E-state index in [1.165, 1.54) is 0 Å². The number of likely N-dealkylation sites (tertiary alicyclic amines) is 2. The van der Waals surface area contributed by atoms with Crippen LogP contribution in [-0.2, 0) is 17.8 Å². The van der Waals surface area contributed by atoms with Crippen LogP contribution >= 0.6 is 0 Å². The Morgan fingerprint density at radius 3 is 2.27 bits per heavy atom. The Morgan fingerprint density at radius 1 is 0.955 bits per heavy atom. The number of pyridine rings is 1. The number of nitrogens with two attached hydrogens (primary N) is 2. The van der Waals surface area contributed by atoms with Crippen LogP contribution in [0.5, 0.6) is 0 Å². The van der Waals surface area contributed by atoms with E-state index in [9.17, 15) is 18.4 Å². The highest BCUT2D eigenvalue weighted by atomic mass is 19.1. The molecule has 3 fully saturated rings. The van der Waals surface area contributed by atoms with Crippen LogP contribution in [0.25, 0.3) is 0 Å². The molecule has 232 valence electrons. The van der Waals surface area contributed by atoms with Crippen molar-refractivity contribution in [3.63, 3.8) is 0 Å². The summed E-state index contributed by atoms with van der Waals surface area (Å²) in [6.45, 7) is 3.17. The summed E-state index contributed by atoms with van der Waals surface area (Å²) in [5.41, 5.74) is 13.6. The molecule has 0 radical (unpaired) electrons. The van der Waals surface area contributed by atoms with Gasteiger partial charge in [-0.05, 0) is 61.4 Å². The van der Waals surface area contributed by atoms with Crippen LogP contribution in [0.3, 0.4) is 0 Å². The largest absolute Gasteiger partial charge is 0.441 e. The predicted octanol–water partition coefficient (Wildman–Crippen LogP) is 4.23. The van der Waals surface area contributed by atoms with Crippen molar-refractivity contribution in [3.8, 4) is 0 Å². The molecule has 3 saturated heterocycles. The maximum absolute atomic E-state index is 14.3. The van der Waals surface area contributed by atoms with Crippen molar-refractivity contribution >= 4 is 29.1 Å². The van der Waals surface area contributed by atoms with Gasteiger partial charge < -0.3 is 26.4 Å². The molecule has 2 amide bonds. The van der Waals surface area contributed by atoms with E-state index in [2.05, 4.69) is 10.3 Å². The number of ether oxygens (including phenoxy) is 1. The van der Waals surface area contributed by atoms with Crippen molar-refractivity contribution in [2.75, 3.05) is 49.5 Å². The molecule has 0 bridgehead atoms. The molecule has 5 N–H and O–H groups in total. The lowest BCUT2D eigenvalue weighted by molar-refractivity contribution is -0.00165. The lowest BCUT2D eigenvalue weighted by Gasteiger charge is -2.37. The Labute approximate surface area is 254 Å². The standard InChI is InChI=1S/C32H37F2N7O3/c33-28-15-23(36)16-29(34)27(28)19-39-13-9-32(10-14-39)20-41(31(43)44-32)18-26-4-1-21(17-37-26)30(42)40-11-7-25(8-12-40)38-24-5-2-22(35)3-6-24/h1-6,15-17,25,38H,7-14,18-20,35-36H2. The second-order valence-corrected chi connectivity index (χ2v) is 12.0. The van der Waals surface area contributed by atoms with Gasteiger partial charge in [-0.3, -0.25) is 19.6 Å². The van der Waals surface area contributed by atoms with Gasteiger partial charge in [0, 0.05) is 80.4 Å². The minimum absolute atomic E-state index is 0.0101. The molecule has 3 aliphatic rings. The van der Waals surface area contributed by atoms with Crippen LogP contribution in [0.1, 0.15) is 47.3 Å². The summed E-state index contributed by atoms with van der Waals surface area (Å²) in [5, 5.41) is 3.51. The summed E-state index contributed by atoms with van der Waals surface area (Å²) in [5.74, 6) is -1.37. The van der Waals surface area contributed by atoms with Crippen LogP contribution in [0, 0.1) is 11.6 Å². The van der Waals surface area contributed by atoms with Crippen molar-refractivity contribution < 1.29 is 23.1 Å². The molecule has 0 saturated carbocycles. The third-order valence-electron chi connectivity index (χ3n) is 8.84. The highest BCUT2D eigenvalue weighted by Crippen LogP contribution is 2.35. The Kier molecular flexibility index (Phi) is 8.26. The van der Waals surface area contributed by atoms with Gasteiger partial charge in [-0.15, -0.1) is 0 Å². The van der Waals surface area contributed by atoms with E-state index in [1.54, 1.807) is 23.2 Å². The maximum atomic E-state index is 14.3. The lowest BCUT2D eigenvalue weighted by atomic mass is 9.91. The van der Waals surface area contributed by atoms with Crippen molar-refractivity contribution in [3.05, 3.63) is 83.2 Å². The van der Waals surface area contributed by atoms with Crippen molar-refractivity contribution in [2.24, 2.45) is 0 Å². The van der Waals surface area contributed by atoms with E-state index in [0.717, 1.165) is 36.3 Å². The van der Waals surface area contributed by atoms with Gasteiger partial charge in [-0.2, -0.15) is 0 Å². The summed E-state index contributed by atoms with van der Waals surface area (Å²) < 4.78 is 34.4. The van der Waals surface area contributed by atoms with Crippen LogP contribution < -0.4 is 16.8 Å². The van der Waals surface area contributed by atoms with Gasteiger partial charge in [0.25, 0.3) is 5.91 Å². The van der Waals surface area contributed by atoms with E-state index in [4.69, 9.17) is 16.2 Å². The number of nitrogens with zero attached hydrogens (tertiary/aromatic N) is 4. The van der Waals surface area contributed by atoms with Crippen LogP contribution in [-0.4, -0.2) is 76.1 Å². The number of carbonyl (C=O) groups excluding carboxylic acids is 2. The number of aromatic nitrogens is 1. The number of halogens is 2. The number of nitrogen functional groups attached to an aromatic ring is 2. The number of piperidine rings is 2. The van der Waals surface area contributed by atoms with Gasteiger partial charge in [0.15, 0.2) is 0 Å². The third-order valence-corrected chi connectivity index (χ3v) is 8.84. The molecule has 1 spiro atoms. The van der Waals surface area contributed by atoms with E-state index in [0.29, 0.717) is 56.8 Å². The summed E-state index contributed by atoms with van der Waals surface area (Å²) in [4.78, 5) is 35.8. The van der Waals surface area contributed by atoms with E-state index in [1.807, 2.05) is 34.1 Å². The summed E-state index contributed by atoms with van der Waals surface area (Å²) in [6, 6.07) is 13.7. The average Bonchev–Trinajstić information content (AvgIpc) is 3.31. The van der Waals surface area contributed by atoms with E-state index < -0.39 is 23.3 Å². The van der Waals surface area contributed by atoms with Crippen LogP contribution in [0.4, 0.5) is 30.6 Å². The zero-order chi connectivity index (χ0) is 30.8. The number of amides is 2. The molecule has 12 heteroatoms. The fraction of sp³-hybridized carbons (Fsp3) is 0.406. The minimum atomic E-state index is -0.659. The molecule has 0 aliphatic carbocycles. The number of hydrogen-bond acceptors (Lipinski definition) is 8. The van der Waals surface area contributed by atoms with Crippen molar-refractivity contribution in [1.29, 1.82) is 0 Å². The molecule has 3 aromatic rings. The SMILES string of the molecule is Nc1ccc(NC2CCN(C(=O)c3ccc(CN4CC5(CCN(Cc6c(F)cc(N)cc6F)CC5)OC4=O)nc3)CC2)cc1. The molecular formula is C32H37F2N7O3. The summed E-state index contributed by atoms with van der Waals surface area (Å²) in [7, 11) is 0. The molecule has 6 rings (SSSR count). The number of carbonyl (C=O) groups is 2. The van der Waals surface area contributed by atoms with Crippen LogP contribution in [0.2, 0.25) is 0 Å². The zero-order valence-electron chi connectivity index (χ0n) is 24.5. The molecule has 44 heavy (non-hydrogen) atoms. The number of benzene rings is 2. The number of rotatable bonds is 7. The van der Waals surface area contributed by atoms with Crippen molar-refractivity contribution in [1.82, 2.24) is 19.7 Å². The van der Waals surface area contributed by atoms with Gasteiger partial charge >= 0.3 is 6.09 Å². The number of hydrogen-bond donors (Lipinski definition) is 3. The first-order valence-corrected chi connectivity index (χ1v) is 15.0. The predicted molar refractivity (Wildman–Crippen MR) is 163 cm³/mol. The minimum Gasteiger partial charge on any atom is -0.441 e. The van der Waals surface area contributed by atoms with Gasteiger partial charge in [0.2, 0.25) is 0 Å². The Bertz CT molecular complexity index is 1480. The highest BCUT2D eigenvalue weighted by molar-refractivity contribution is 5.94. The normalized spacial score (nSPS) is 18.9. The first kappa shape index (κ1) is 29.6. The smallest absolute Gasteiger partial charge is 0.410 e. The molecular weight excluding hydrogens is 568 g/mol. The molecule has 0 unspecified atom stereocenters. The lowest BCUT2D eigenvalue weighted by Crippen LogP contribution is -2.46. The van der Waals surface area contributed by atoms with E-state index in [-0.39, 0.29) is 36.3 Å². The van der Waals surface area contributed by atoms with Gasteiger partial charge in [0.05, 0.1) is 24.3 Å². The number of anilines is 3. The highest BCUT2D eigenvalue weighted by Gasteiger charge is 2.47. The van der Waals surface area contributed by atoms with Gasteiger partial charge in [-0.1, -0.05) is 0 Å². The molecule has 1 aromatic heterocycles. The summed E-state index contributed by atoms with van der Waals surface area (Å²) in [6.07, 6.45) is 3.95. The molecule has 2 aromatic carbocycles. The van der Waals surface area contributed by atoms with Gasteiger partial charge in [-0.25, -0.2) is 13.6 Å². The second-order valence-electron chi connectivity index (χ2n) is 12.0. The first-order chi connectivity index (χ1) is 21.2. The second kappa shape index (κ2) is 12.3. The molecule has 0 atom stereocenters. The molecule has 4 heterocycles. The fourth-order valence-corrected chi connectivity index (χ4v) is 6.26. The Hall–Kier alpha value is -4.45. The monoisotopic (exact) mass is 605 g/mol. The Balaban J connectivity index is 0.977. The molecule has 10 nitrogen and oxygen atoms in total. The quantitative estimate of drug-likeness (QED) is 0.342. The fourth-order valence-electron chi connectivity index (χ4n) is 6.26. The van der Waals surface area contributed by atoms with Gasteiger partial charge in [0.1, 0.15) is 17.2 Å². The first-order valence-electron chi connectivity index (χ1n) is 15.0. The molecule has 3 aliphatic heterocycles. The average molecular weight is 606 g/mol. The van der Waals surface area contributed by atoms with Crippen LogP contribution in [0.15, 0.2) is 54.7 Å². The third kappa shape index (κ3) is 6.54. The Morgan fingerprint density at radius 2 is 1.64 bits per heavy atom. The van der Waals surface area contributed by atoms with E-state index >= 15 is 0 Å². The number of nitrogens with one attached hydrogen (secondary N) is 1. The summed E-state index contributed by atoms with van der Waals surface area (Å²) >= 11 is 0.